The third-order valence-electron chi connectivity index (χ3n) is 10.0. The number of carbonyl (C=O) groups excluding carboxylic acids is 1. The SMILES string of the molecule is Nc1c(C2(c3c(-c4ccccc4)nn(-c4ccccc4)c3N)C(=O)N(Cc3ccccc3)c3ccccc32)c(-c2ccccc2)nn1-c1ccccc1. The second-order valence-electron chi connectivity index (χ2n) is 13.1. The van der Waals surface area contributed by atoms with E-state index in [0.29, 0.717) is 40.7 Å². The van der Waals surface area contributed by atoms with Gasteiger partial charge in [-0.25, -0.2) is 9.36 Å². The highest BCUT2D eigenvalue weighted by Crippen LogP contribution is 2.58. The Kier molecular flexibility index (Phi) is 7.70. The third-order valence-corrected chi connectivity index (χ3v) is 10.0. The molecule has 9 rings (SSSR count). The Balaban J connectivity index is 1.45. The quantitative estimate of drug-likeness (QED) is 0.167. The summed E-state index contributed by atoms with van der Waals surface area (Å²) in [5.41, 5.74) is 21.1. The van der Waals surface area contributed by atoms with E-state index >= 15 is 4.79 Å². The second-order valence-corrected chi connectivity index (χ2v) is 13.1. The minimum Gasteiger partial charge on any atom is -0.383 e. The number of fused-ring (bicyclic) bond motifs is 1. The molecular weight excluding hydrogens is 655 g/mol. The van der Waals surface area contributed by atoms with Crippen molar-refractivity contribution in [1.29, 1.82) is 0 Å². The summed E-state index contributed by atoms with van der Waals surface area (Å²) in [4.78, 5) is 18.0. The zero-order chi connectivity index (χ0) is 35.9. The molecule has 0 atom stereocenters. The lowest BCUT2D eigenvalue weighted by molar-refractivity contribution is -0.120. The predicted molar refractivity (Wildman–Crippen MR) is 211 cm³/mol. The van der Waals surface area contributed by atoms with Gasteiger partial charge in [0.25, 0.3) is 0 Å². The number of nitrogen functional groups attached to an aromatic ring is 2. The second kappa shape index (κ2) is 12.9. The molecule has 0 saturated carbocycles. The standard InChI is InChI=1S/C45H35N7O/c46-42-38(40(32-20-8-2-9-21-32)48-51(42)34-24-12-4-13-25-34)45(36-28-16-17-29-37(36)50(44(45)53)30-31-18-6-1-7-19-31)39-41(33-22-10-3-11-23-33)49-52(43(39)47)35-26-14-5-15-27-35/h1-29H,30,46-47H2. The summed E-state index contributed by atoms with van der Waals surface area (Å²) in [6.45, 7) is 0.333. The number of rotatable bonds is 8. The molecule has 1 amide bonds. The third kappa shape index (κ3) is 5.03. The van der Waals surface area contributed by atoms with Crippen LogP contribution in [0.1, 0.15) is 22.3 Å². The number of nitrogens with two attached hydrogens (primary N) is 2. The first-order chi connectivity index (χ1) is 26.1. The molecule has 3 heterocycles. The minimum absolute atomic E-state index is 0.199. The van der Waals surface area contributed by atoms with Crippen molar-refractivity contribution in [2.24, 2.45) is 0 Å². The number of amides is 1. The van der Waals surface area contributed by atoms with Crippen LogP contribution in [0.4, 0.5) is 17.3 Å². The highest BCUT2D eigenvalue weighted by Gasteiger charge is 2.59. The van der Waals surface area contributed by atoms with Gasteiger partial charge >= 0.3 is 0 Å². The Hall–Kier alpha value is -7.19. The topological polar surface area (TPSA) is 108 Å². The Bertz CT molecular complexity index is 2440. The average molecular weight is 690 g/mol. The summed E-state index contributed by atoms with van der Waals surface area (Å²) in [5, 5.41) is 10.5. The molecule has 0 unspecified atom stereocenters. The molecule has 0 fully saturated rings. The van der Waals surface area contributed by atoms with Crippen LogP contribution in [0.5, 0.6) is 0 Å². The van der Waals surface area contributed by atoms with Gasteiger partial charge in [-0.1, -0.05) is 146 Å². The average Bonchev–Trinajstić information content (AvgIpc) is 3.83. The Labute approximate surface area is 307 Å². The van der Waals surface area contributed by atoms with Gasteiger partial charge in [0.1, 0.15) is 17.1 Å². The molecule has 4 N–H and O–H groups in total. The molecule has 53 heavy (non-hydrogen) atoms. The van der Waals surface area contributed by atoms with E-state index in [2.05, 4.69) is 0 Å². The molecule has 256 valence electrons. The summed E-state index contributed by atoms with van der Waals surface area (Å²) in [6.07, 6.45) is 0. The maximum absolute atomic E-state index is 16.2. The fraction of sp³-hybridized carbons (Fsp3) is 0.0444. The Morgan fingerprint density at radius 1 is 0.491 bits per heavy atom. The molecule has 0 aliphatic carbocycles. The van der Waals surface area contributed by atoms with Crippen LogP contribution in [0.2, 0.25) is 0 Å². The first kappa shape index (κ1) is 31.8. The molecule has 8 aromatic rings. The van der Waals surface area contributed by atoms with Crippen molar-refractivity contribution in [3.63, 3.8) is 0 Å². The summed E-state index contributed by atoms with van der Waals surface area (Å²) in [6, 6.07) is 57.2. The monoisotopic (exact) mass is 689 g/mol. The molecule has 2 aromatic heterocycles. The maximum Gasteiger partial charge on any atom is 0.247 e. The van der Waals surface area contributed by atoms with Gasteiger partial charge < -0.3 is 16.4 Å². The Morgan fingerprint density at radius 2 is 0.887 bits per heavy atom. The summed E-state index contributed by atoms with van der Waals surface area (Å²) >= 11 is 0. The molecule has 0 saturated heterocycles. The van der Waals surface area contributed by atoms with E-state index in [-0.39, 0.29) is 5.91 Å². The van der Waals surface area contributed by atoms with Gasteiger partial charge in [0.05, 0.1) is 29.3 Å². The molecular formula is C45H35N7O. The van der Waals surface area contributed by atoms with E-state index in [1.165, 1.54) is 0 Å². The summed E-state index contributed by atoms with van der Waals surface area (Å²) < 4.78 is 3.46. The molecule has 0 spiro atoms. The van der Waals surface area contributed by atoms with Crippen molar-refractivity contribution >= 4 is 23.2 Å². The number of aromatic nitrogens is 4. The van der Waals surface area contributed by atoms with Gasteiger partial charge in [-0.3, -0.25) is 4.79 Å². The zero-order valence-electron chi connectivity index (χ0n) is 28.7. The van der Waals surface area contributed by atoms with Gasteiger partial charge in [0, 0.05) is 33.5 Å². The van der Waals surface area contributed by atoms with E-state index in [9.17, 15) is 0 Å². The number of anilines is 3. The highest BCUT2D eigenvalue weighted by atomic mass is 16.2. The minimum atomic E-state index is -1.59. The van der Waals surface area contributed by atoms with E-state index in [0.717, 1.165) is 39.3 Å². The largest absolute Gasteiger partial charge is 0.383 e. The van der Waals surface area contributed by atoms with E-state index in [4.69, 9.17) is 21.7 Å². The fourth-order valence-corrected chi connectivity index (χ4v) is 7.71. The van der Waals surface area contributed by atoms with Gasteiger partial charge in [0.15, 0.2) is 0 Å². The van der Waals surface area contributed by atoms with Gasteiger partial charge in [-0.05, 0) is 35.9 Å². The van der Waals surface area contributed by atoms with Gasteiger partial charge in [0.2, 0.25) is 5.91 Å². The molecule has 1 aliphatic rings. The lowest BCUT2D eigenvalue weighted by atomic mass is 9.68. The zero-order valence-corrected chi connectivity index (χ0v) is 28.7. The van der Waals surface area contributed by atoms with Gasteiger partial charge in [-0.2, -0.15) is 10.2 Å². The summed E-state index contributed by atoms with van der Waals surface area (Å²) in [7, 11) is 0. The molecule has 0 bridgehead atoms. The van der Waals surface area contributed by atoms with Crippen molar-refractivity contribution < 1.29 is 4.79 Å². The number of hydrogen-bond acceptors (Lipinski definition) is 5. The smallest absolute Gasteiger partial charge is 0.247 e. The number of carbonyl (C=O) groups is 1. The van der Waals surface area contributed by atoms with Crippen LogP contribution in [0, 0.1) is 0 Å². The molecule has 8 heteroatoms. The fourth-order valence-electron chi connectivity index (χ4n) is 7.71. The van der Waals surface area contributed by atoms with Crippen molar-refractivity contribution in [3.8, 4) is 33.9 Å². The van der Waals surface area contributed by atoms with Crippen LogP contribution in [0.3, 0.4) is 0 Å². The first-order valence-electron chi connectivity index (χ1n) is 17.5. The first-order valence-corrected chi connectivity index (χ1v) is 17.5. The van der Waals surface area contributed by atoms with Gasteiger partial charge in [-0.15, -0.1) is 0 Å². The van der Waals surface area contributed by atoms with Crippen LogP contribution < -0.4 is 16.4 Å². The summed E-state index contributed by atoms with van der Waals surface area (Å²) in [5.74, 6) is 0.451. The van der Waals surface area contributed by atoms with Crippen LogP contribution >= 0.6 is 0 Å². The number of para-hydroxylation sites is 3. The van der Waals surface area contributed by atoms with E-state index in [1.54, 1.807) is 9.36 Å². The van der Waals surface area contributed by atoms with Crippen LogP contribution in [-0.4, -0.2) is 25.5 Å². The van der Waals surface area contributed by atoms with E-state index < -0.39 is 5.41 Å². The number of hydrogen-bond donors (Lipinski definition) is 2. The van der Waals surface area contributed by atoms with Crippen LogP contribution in [-0.2, 0) is 16.8 Å². The molecule has 1 aliphatic heterocycles. The van der Waals surface area contributed by atoms with Crippen molar-refractivity contribution in [3.05, 3.63) is 198 Å². The molecule has 8 nitrogen and oxygen atoms in total. The van der Waals surface area contributed by atoms with Crippen LogP contribution in [0.25, 0.3) is 33.9 Å². The maximum atomic E-state index is 16.2. The lowest BCUT2D eigenvalue weighted by Gasteiger charge is -2.31. The Morgan fingerprint density at radius 3 is 1.36 bits per heavy atom. The van der Waals surface area contributed by atoms with Crippen LogP contribution in [0.15, 0.2) is 176 Å². The normalized spacial score (nSPS) is 13.3. The van der Waals surface area contributed by atoms with Crippen molar-refractivity contribution in [2.75, 3.05) is 16.4 Å². The molecule has 6 aromatic carbocycles. The number of nitrogens with zero attached hydrogens (tertiary/aromatic N) is 5. The molecule has 0 radical (unpaired) electrons. The lowest BCUT2D eigenvalue weighted by Crippen LogP contribution is -2.43. The van der Waals surface area contributed by atoms with Crippen molar-refractivity contribution in [1.82, 2.24) is 19.6 Å². The van der Waals surface area contributed by atoms with E-state index in [1.807, 2.05) is 181 Å². The predicted octanol–water partition coefficient (Wildman–Crippen LogP) is 8.44. The number of benzene rings is 6. The van der Waals surface area contributed by atoms with Crippen molar-refractivity contribution in [2.45, 2.75) is 12.0 Å². The highest BCUT2D eigenvalue weighted by molar-refractivity contribution is 6.16.